The number of piperidine rings is 1. The van der Waals surface area contributed by atoms with Gasteiger partial charge in [-0.25, -0.2) is 17.2 Å². The lowest BCUT2D eigenvalue weighted by atomic mass is 9.97. The Labute approximate surface area is 171 Å². The van der Waals surface area contributed by atoms with E-state index in [0.29, 0.717) is 30.4 Å². The molecule has 1 fully saturated rings. The third kappa shape index (κ3) is 3.90. The van der Waals surface area contributed by atoms with Gasteiger partial charge in [-0.05, 0) is 43.2 Å². The number of benzene rings is 1. The molecule has 0 saturated carbocycles. The number of rotatable bonds is 5. The molecule has 158 valence electrons. The molecule has 1 aromatic carbocycles. The second-order valence-corrected chi connectivity index (χ2v) is 8.96. The number of sulfonamides is 1. The van der Waals surface area contributed by atoms with Gasteiger partial charge in [0.1, 0.15) is 0 Å². The maximum Gasteiger partial charge on any atom is 0.243 e. The number of hydrogen-bond donors (Lipinski definition) is 1. The molecule has 0 unspecified atom stereocenters. The van der Waals surface area contributed by atoms with E-state index in [1.54, 1.807) is 10.6 Å². The van der Waals surface area contributed by atoms with Crippen LogP contribution >= 0.6 is 0 Å². The monoisotopic (exact) mass is 435 g/mol. The fraction of sp³-hybridized carbons (Fsp3) is 0.316. The van der Waals surface area contributed by atoms with Gasteiger partial charge in [0.05, 0.1) is 11.4 Å². The number of carbonyl (C=O) groups is 1. The Balaban J connectivity index is 1.35. The van der Waals surface area contributed by atoms with Crippen molar-refractivity contribution in [3.05, 3.63) is 60.1 Å². The van der Waals surface area contributed by atoms with E-state index < -0.39 is 21.7 Å². The van der Waals surface area contributed by atoms with Crippen LogP contribution in [-0.4, -0.2) is 46.3 Å². The summed E-state index contributed by atoms with van der Waals surface area (Å²) in [5.41, 5.74) is 0.678. The fourth-order valence-corrected chi connectivity index (χ4v) is 4.95. The van der Waals surface area contributed by atoms with E-state index in [2.05, 4.69) is 15.5 Å². The molecule has 0 spiro atoms. The quantitative estimate of drug-likeness (QED) is 0.658. The van der Waals surface area contributed by atoms with Gasteiger partial charge < -0.3 is 5.32 Å². The summed E-state index contributed by atoms with van der Waals surface area (Å²) in [6, 6.07) is 7.99. The maximum atomic E-state index is 13.4. The van der Waals surface area contributed by atoms with E-state index in [-0.39, 0.29) is 36.4 Å². The van der Waals surface area contributed by atoms with E-state index in [4.69, 9.17) is 0 Å². The molecule has 8 nitrogen and oxygen atoms in total. The van der Waals surface area contributed by atoms with Gasteiger partial charge in [0.15, 0.2) is 23.1 Å². The number of amides is 1. The molecule has 11 heteroatoms. The van der Waals surface area contributed by atoms with E-state index in [1.165, 1.54) is 4.31 Å². The molecule has 4 rings (SSSR count). The van der Waals surface area contributed by atoms with Gasteiger partial charge in [0, 0.05) is 25.2 Å². The second kappa shape index (κ2) is 8.07. The van der Waals surface area contributed by atoms with Crippen molar-refractivity contribution in [3.8, 4) is 0 Å². The molecule has 3 aromatic rings. The first-order valence-electron chi connectivity index (χ1n) is 9.38. The van der Waals surface area contributed by atoms with Crippen molar-refractivity contribution in [1.82, 2.24) is 24.2 Å². The molecule has 1 aliphatic heterocycles. The zero-order chi connectivity index (χ0) is 21.3. The maximum absolute atomic E-state index is 13.4. The van der Waals surface area contributed by atoms with Gasteiger partial charge >= 0.3 is 0 Å². The number of aromatic nitrogens is 3. The van der Waals surface area contributed by atoms with Crippen LogP contribution in [0.5, 0.6) is 0 Å². The van der Waals surface area contributed by atoms with E-state index in [9.17, 15) is 22.0 Å². The van der Waals surface area contributed by atoms with Gasteiger partial charge in [0.2, 0.25) is 15.9 Å². The number of nitrogens with zero attached hydrogens (tertiary/aromatic N) is 4. The minimum Gasteiger partial charge on any atom is -0.349 e. The molecule has 30 heavy (non-hydrogen) atoms. The Kier molecular flexibility index (Phi) is 5.48. The summed E-state index contributed by atoms with van der Waals surface area (Å²) in [5.74, 6) is -2.26. The topological polar surface area (TPSA) is 96.7 Å². The van der Waals surface area contributed by atoms with Crippen LogP contribution in [0.25, 0.3) is 5.65 Å². The standard InChI is InChI=1S/C19H19F2N5O3S/c20-15-5-4-14(11-16(15)21)30(28,29)25-9-6-13(7-10-25)19(27)22-12-18-24-23-17-3-1-2-8-26(17)18/h1-5,8,11,13H,6-7,9-10,12H2,(H,22,27). The Morgan fingerprint density at radius 1 is 1.10 bits per heavy atom. The van der Waals surface area contributed by atoms with Crippen molar-refractivity contribution >= 4 is 21.6 Å². The fourth-order valence-electron chi connectivity index (χ4n) is 3.47. The van der Waals surface area contributed by atoms with Gasteiger partial charge in [-0.1, -0.05) is 6.07 Å². The van der Waals surface area contributed by atoms with Gasteiger partial charge in [-0.15, -0.1) is 10.2 Å². The van der Waals surface area contributed by atoms with E-state index >= 15 is 0 Å². The van der Waals surface area contributed by atoms with E-state index in [0.717, 1.165) is 12.1 Å². The highest BCUT2D eigenvalue weighted by Crippen LogP contribution is 2.25. The molecule has 3 heterocycles. The number of halogens is 2. The van der Waals surface area contributed by atoms with Crippen LogP contribution in [0.2, 0.25) is 0 Å². The molecule has 1 saturated heterocycles. The summed E-state index contributed by atoms with van der Waals surface area (Å²) >= 11 is 0. The predicted octanol–water partition coefficient (Wildman–Crippen LogP) is 1.72. The third-order valence-corrected chi connectivity index (χ3v) is 7.05. The Morgan fingerprint density at radius 2 is 1.87 bits per heavy atom. The van der Waals surface area contributed by atoms with Crippen molar-refractivity contribution in [2.75, 3.05) is 13.1 Å². The van der Waals surface area contributed by atoms with Gasteiger partial charge in [-0.2, -0.15) is 4.31 Å². The average molecular weight is 435 g/mol. The molecule has 1 aliphatic rings. The van der Waals surface area contributed by atoms with Crippen LogP contribution in [0.15, 0.2) is 47.5 Å². The zero-order valence-electron chi connectivity index (χ0n) is 15.8. The van der Waals surface area contributed by atoms with Crippen LogP contribution in [0.1, 0.15) is 18.7 Å². The summed E-state index contributed by atoms with van der Waals surface area (Å²) in [6.45, 7) is 0.442. The smallest absolute Gasteiger partial charge is 0.243 e. The van der Waals surface area contributed by atoms with Gasteiger partial charge in [0.25, 0.3) is 0 Å². The molecule has 2 aromatic heterocycles. The summed E-state index contributed by atoms with van der Waals surface area (Å²) in [4.78, 5) is 12.2. The minimum absolute atomic E-state index is 0.118. The first kappa shape index (κ1) is 20.4. The number of pyridine rings is 1. The number of carbonyl (C=O) groups excluding carboxylic acids is 1. The lowest BCUT2D eigenvalue weighted by molar-refractivity contribution is -0.126. The lowest BCUT2D eigenvalue weighted by Gasteiger charge is -2.30. The summed E-state index contributed by atoms with van der Waals surface area (Å²) < 4.78 is 54.8. The number of nitrogens with one attached hydrogen (secondary N) is 1. The molecule has 0 bridgehead atoms. The van der Waals surface area contributed by atoms with Crippen LogP contribution in [0.4, 0.5) is 8.78 Å². The summed E-state index contributed by atoms with van der Waals surface area (Å²) in [6.07, 6.45) is 2.46. The predicted molar refractivity (Wildman–Crippen MR) is 103 cm³/mol. The van der Waals surface area contributed by atoms with Crippen molar-refractivity contribution in [3.63, 3.8) is 0 Å². The zero-order valence-corrected chi connectivity index (χ0v) is 16.6. The third-order valence-electron chi connectivity index (χ3n) is 5.16. The average Bonchev–Trinajstić information content (AvgIpc) is 3.17. The number of hydrogen-bond acceptors (Lipinski definition) is 5. The largest absolute Gasteiger partial charge is 0.349 e. The Bertz CT molecular complexity index is 1190. The highest BCUT2D eigenvalue weighted by Gasteiger charge is 2.32. The summed E-state index contributed by atoms with van der Waals surface area (Å²) in [5, 5.41) is 10.9. The first-order valence-corrected chi connectivity index (χ1v) is 10.8. The van der Waals surface area contributed by atoms with Crippen molar-refractivity contribution < 1.29 is 22.0 Å². The molecular weight excluding hydrogens is 416 g/mol. The highest BCUT2D eigenvalue weighted by atomic mass is 32.2. The highest BCUT2D eigenvalue weighted by molar-refractivity contribution is 7.89. The van der Waals surface area contributed by atoms with Crippen molar-refractivity contribution in [2.45, 2.75) is 24.3 Å². The first-order chi connectivity index (χ1) is 14.4. The normalized spacial score (nSPS) is 16.1. The van der Waals surface area contributed by atoms with Crippen LogP contribution in [0.3, 0.4) is 0 Å². The molecule has 0 aliphatic carbocycles. The van der Waals surface area contributed by atoms with Crippen LogP contribution in [0, 0.1) is 17.6 Å². The Hall–Kier alpha value is -2.92. The second-order valence-electron chi connectivity index (χ2n) is 7.02. The molecule has 0 atom stereocenters. The number of fused-ring (bicyclic) bond motifs is 1. The van der Waals surface area contributed by atoms with Gasteiger partial charge in [-0.3, -0.25) is 9.20 Å². The molecule has 0 radical (unpaired) electrons. The van der Waals surface area contributed by atoms with Crippen molar-refractivity contribution in [1.29, 1.82) is 0 Å². The lowest BCUT2D eigenvalue weighted by Crippen LogP contribution is -2.43. The summed E-state index contributed by atoms with van der Waals surface area (Å²) in [7, 11) is -3.95. The van der Waals surface area contributed by atoms with E-state index in [1.807, 2.05) is 18.2 Å². The van der Waals surface area contributed by atoms with Crippen molar-refractivity contribution in [2.24, 2.45) is 5.92 Å². The SMILES string of the molecule is O=C(NCc1nnc2ccccn12)C1CCN(S(=O)(=O)c2ccc(F)c(F)c2)CC1. The Morgan fingerprint density at radius 3 is 2.60 bits per heavy atom. The molecule has 1 amide bonds. The minimum atomic E-state index is -3.95. The molecular formula is C19H19F2N5O3S. The van der Waals surface area contributed by atoms with Crippen LogP contribution in [-0.2, 0) is 21.4 Å². The molecule has 1 N–H and O–H groups in total. The van der Waals surface area contributed by atoms with Crippen LogP contribution < -0.4 is 5.32 Å².